The molecule has 0 aromatic heterocycles. The topological polar surface area (TPSA) is 66.5 Å². The standard InChI is InChI=1S/C22H30N2O3S/c1-4-24(5-2)17-20-10-8-19(9-11-20)16-23-22(25)14-15-28(26,27)21-12-6-18(3)7-13-21/h6-13H,4-5,14-17H2,1-3H3,(H,23,25). The summed E-state index contributed by atoms with van der Waals surface area (Å²) in [6, 6.07) is 14.8. The monoisotopic (exact) mass is 402 g/mol. The molecule has 0 aliphatic carbocycles. The fourth-order valence-electron chi connectivity index (χ4n) is 2.85. The van der Waals surface area contributed by atoms with E-state index < -0.39 is 9.84 Å². The minimum Gasteiger partial charge on any atom is -0.352 e. The molecule has 0 aliphatic rings. The van der Waals surface area contributed by atoms with Gasteiger partial charge in [-0.25, -0.2) is 8.42 Å². The van der Waals surface area contributed by atoms with E-state index in [1.165, 1.54) is 5.56 Å². The molecule has 2 aromatic rings. The number of carbonyl (C=O) groups excluding carboxylic acids is 1. The van der Waals surface area contributed by atoms with Crippen LogP contribution < -0.4 is 5.32 Å². The Balaban J connectivity index is 1.81. The number of carbonyl (C=O) groups is 1. The predicted molar refractivity (Wildman–Crippen MR) is 113 cm³/mol. The second kappa shape index (κ2) is 10.4. The number of nitrogens with one attached hydrogen (secondary N) is 1. The summed E-state index contributed by atoms with van der Waals surface area (Å²) in [5.41, 5.74) is 3.24. The average molecular weight is 403 g/mol. The smallest absolute Gasteiger partial charge is 0.221 e. The van der Waals surface area contributed by atoms with E-state index in [2.05, 4.69) is 36.2 Å². The number of rotatable bonds is 10. The maximum absolute atomic E-state index is 12.3. The van der Waals surface area contributed by atoms with E-state index in [1.807, 2.05) is 19.1 Å². The van der Waals surface area contributed by atoms with Gasteiger partial charge in [-0.2, -0.15) is 0 Å². The normalized spacial score (nSPS) is 11.6. The maximum Gasteiger partial charge on any atom is 0.221 e. The Hall–Kier alpha value is -2.18. The third kappa shape index (κ3) is 6.77. The number of hydrogen-bond donors (Lipinski definition) is 1. The zero-order valence-electron chi connectivity index (χ0n) is 16.9. The van der Waals surface area contributed by atoms with Gasteiger partial charge < -0.3 is 5.32 Å². The van der Waals surface area contributed by atoms with Gasteiger partial charge >= 0.3 is 0 Å². The highest BCUT2D eigenvalue weighted by atomic mass is 32.2. The summed E-state index contributed by atoms with van der Waals surface area (Å²) in [6.45, 7) is 9.53. The van der Waals surface area contributed by atoms with Gasteiger partial charge in [0.1, 0.15) is 0 Å². The summed E-state index contributed by atoms with van der Waals surface area (Å²) in [6.07, 6.45) is -0.0454. The molecule has 0 radical (unpaired) electrons. The van der Waals surface area contributed by atoms with Crippen LogP contribution in [0.1, 0.15) is 37.0 Å². The van der Waals surface area contributed by atoms with Crippen molar-refractivity contribution in [2.45, 2.75) is 45.2 Å². The molecule has 0 unspecified atom stereocenters. The Morgan fingerprint density at radius 3 is 2.07 bits per heavy atom. The molecule has 28 heavy (non-hydrogen) atoms. The fourth-order valence-corrected chi connectivity index (χ4v) is 4.09. The first-order chi connectivity index (χ1) is 13.3. The van der Waals surface area contributed by atoms with Crippen LogP contribution >= 0.6 is 0 Å². The van der Waals surface area contributed by atoms with Gasteiger partial charge in [-0.15, -0.1) is 0 Å². The molecule has 0 saturated heterocycles. The highest BCUT2D eigenvalue weighted by Crippen LogP contribution is 2.13. The molecule has 0 fully saturated rings. The van der Waals surface area contributed by atoms with Gasteiger partial charge in [-0.1, -0.05) is 55.8 Å². The molecule has 6 heteroatoms. The van der Waals surface area contributed by atoms with Crippen LogP contribution in [-0.4, -0.2) is 38.1 Å². The zero-order chi connectivity index (χ0) is 20.6. The van der Waals surface area contributed by atoms with Crippen LogP contribution in [0.3, 0.4) is 0 Å². The first kappa shape index (κ1) is 22.1. The van der Waals surface area contributed by atoms with Crippen molar-refractivity contribution in [1.82, 2.24) is 10.2 Å². The third-order valence-corrected chi connectivity index (χ3v) is 6.52. The molecule has 5 nitrogen and oxygen atoms in total. The molecular formula is C22H30N2O3S. The number of benzene rings is 2. The summed E-state index contributed by atoms with van der Waals surface area (Å²) in [5, 5.41) is 2.80. The minimum absolute atomic E-state index is 0.0454. The van der Waals surface area contributed by atoms with Gasteiger partial charge in [0.25, 0.3) is 0 Å². The SMILES string of the molecule is CCN(CC)Cc1ccc(CNC(=O)CCS(=O)(=O)c2ccc(C)cc2)cc1. The maximum atomic E-state index is 12.3. The Morgan fingerprint density at radius 1 is 0.929 bits per heavy atom. The van der Waals surface area contributed by atoms with Gasteiger partial charge in [0.05, 0.1) is 10.6 Å². The molecule has 152 valence electrons. The molecule has 0 aliphatic heterocycles. The van der Waals surface area contributed by atoms with Crippen molar-refractivity contribution < 1.29 is 13.2 Å². The summed E-state index contributed by atoms with van der Waals surface area (Å²) >= 11 is 0. The number of hydrogen-bond acceptors (Lipinski definition) is 4. The van der Waals surface area contributed by atoms with Gasteiger partial charge in [0.2, 0.25) is 5.91 Å². The second-order valence-electron chi connectivity index (χ2n) is 6.94. The number of nitrogens with zero attached hydrogens (tertiary/aromatic N) is 1. The number of amides is 1. The van der Waals surface area contributed by atoms with Crippen molar-refractivity contribution in [2.24, 2.45) is 0 Å². The molecule has 2 aromatic carbocycles. The molecule has 0 atom stereocenters. The van der Waals surface area contributed by atoms with Crippen molar-refractivity contribution in [1.29, 1.82) is 0 Å². The van der Waals surface area contributed by atoms with E-state index in [-0.39, 0.29) is 23.0 Å². The Labute approximate surface area is 168 Å². The van der Waals surface area contributed by atoms with Gasteiger partial charge in [0, 0.05) is 19.5 Å². The number of aryl methyl sites for hydroxylation is 1. The predicted octanol–water partition coefficient (Wildman–Crippen LogP) is 3.32. The van der Waals surface area contributed by atoms with Gasteiger partial charge in [-0.05, 0) is 43.3 Å². The lowest BCUT2D eigenvalue weighted by atomic mass is 10.1. The number of sulfone groups is 1. The van der Waals surface area contributed by atoms with Crippen LogP contribution in [0.25, 0.3) is 0 Å². The molecule has 0 spiro atoms. The first-order valence-corrected chi connectivity index (χ1v) is 11.4. The summed E-state index contributed by atoms with van der Waals surface area (Å²) in [5.74, 6) is -0.451. The van der Waals surface area contributed by atoms with E-state index in [0.29, 0.717) is 6.54 Å². The lowest BCUT2D eigenvalue weighted by Crippen LogP contribution is -2.25. The van der Waals surface area contributed by atoms with Crippen molar-refractivity contribution >= 4 is 15.7 Å². The molecule has 1 amide bonds. The summed E-state index contributed by atoms with van der Waals surface area (Å²) < 4.78 is 24.6. The van der Waals surface area contributed by atoms with Gasteiger partial charge in [0.15, 0.2) is 9.84 Å². The summed E-state index contributed by atoms with van der Waals surface area (Å²) in [7, 11) is -3.44. The highest BCUT2D eigenvalue weighted by molar-refractivity contribution is 7.91. The van der Waals surface area contributed by atoms with E-state index in [9.17, 15) is 13.2 Å². The Kier molecular flexibility index (Phi) is 8.20. The van der Waals surface area contributed by atoms with Crippen molar-refractivity contribution in [2.75, 3.05) is 18.8 Å². The van der Waals surface area contributed by atoms with E-state index in [4.69, 9.17) is 0 Å². The van der Waals surface area contributed by atoms with Crippen LogP contribution in [0.4, 0.5) is 0 Å². The lowest BCUT2D eigenvalue weighted by molar-refractivity contribution is -0.120. The van der Waals surface area contributed by atoms with Crippen LogP contribution in [0.2, 0.25) is 0 Å². The molecular weight excluding hydrogens is 372 g/mol. The van der Waals surface area contributed by atoms with E-state index in [1.54, 1.807) is 24.3 Å². The van der Waals surface area contributed by atoms with Crippen LogP contribution in [0.15, 0.2) is 53.4 Å². The largest absolute Gasteiger partial charge is 0.352 e. The van der Waals surface area contributed by atoms with Crippen LogP contribution in [-0.2, 0) is 27.7 Å². The van der Waals surface area contributed by atoms with Crippen molar-refractivity contribution in [3.8, 4) is 0 Å². The Bertz CT molecular complexity index is 856. The molecule has 0 bridgehead atoms. The van der Waals surface area contributed by atoms with E-state index >= 15 is 0 Å². The third-order valence-electron chi connectivity index (χ3n) is 4.79. The average Bonchev–Trinajstić information content (AvgIpc) is 2.70. The molecule has 0 heterocycles. The Morgan fingerprint density at radius 2 is 1.50 bits per heavy atom. The van der Waals surface area contributed by atoms with Crippen LogP contribution in [0, 0.1) is 6.92 Å². The molecule has 2 rings (SSSR count). The zero-order valence-corrected chi connectivity index (χ0v) is 17.8. The molecule has 1 N–H and O–H groups in total. The first-order valence-electron chi connectivity index (χ1n) is 9.70. The highest BCUT2D eigenvalue weighted by Gasteiger charge is 2.16. The quantitative estimate of drug-likeness (QED) is 0.662. The lowest BCUT2D eigenvalue weighted by Gasteiger charge is -2.18. The fraction of sp³-hybridized carbons (Fsp3) is 0.409. The van der Waals surface area contributed by atoms with Crippen LogP contribution in [0.5, 0.6) is 0 Å². The van der Waals surface area contributed by atoms with Gasteiger partial charge in [-0.3, -0.25) is 9.69 Å². The summed E-state index contributed by atoms with van der Waals surface area (Å²) in [4.78, 5) is 14.7. The molecule has 0 saturated carbocycles. The van der Waals surface area contributed by atoms with E-state index in [0.717, 1.165) is 30.8 Å². The second-order valence-corrected chi connectivity index (χ2v) is 9.05. The minimum atomic E-state index is -3.44. The van der Waals surface area contributed by atoms with Crippen molar-refractivity contribution in [3.05, 3.63) is 65.2 Å². The van der Waals surface area contributed by atoms with Crippen molar-refractivity contribution in [3.63, 3.8) is 0 Å².